The van der Waals surface area contributed by atoms with Crippen LogP contribution in [0.4, 0.5) is 0 Å². The minimum atomic E-state index is -0.997. The lowest BCUT2D eigenvalue weighted by molar-refractivity contribution is -0.141. The Morgan fingerprint density at radius 2 is 2.00 bits per heavy atom. The van der Waals surface area contributed by atoms with Crippen LogP contribution >= 0.6 is 0 Å². The number of nitrogens with two attached hydrogens (primary N) is 1. The molecule has 0 bridgehead atoms. The summed E-state index contributed by atoms with van der Waals surface area (Å²) in [5, 5.41) is 8.80. The third-order valence-corrected chi connectivity index (χ3v) is 2.33. The van der Waals surface area contributed by atoms with E-state index >= 15 is 0 Å². The van der Waals surface area contributed by atoms with Crippen molar-refractivity contribution in [1.29, 1.82) is 0 Å². The van der Waals surface area contributed by atoms with Crippen LogP contribution in [0.15, 0.2) is 12.2 Å². The van der Waals surface area contributed by atoms with Gasteiger partial charge in [0.25, 0.3) is 0 Å². The van der Waals surface area contributed by atoms with E-state index in [0.717, 1.165) is 19.3 Å². The summed E-state index contributed by atoms with van der Waals surface area (Å²) in [6, 6.07) is 0. The van der Waals surface area contributed by atoms with Gasteiger partial charge in [0.1, 0.15) is 0 Å². The number of carbonyl (C=O) groups excluding carboxylic acids is 1. The fraction of sp³-hybridized carbons (Fsp3) is 0.667. The molecule has 92 valence electrons. The summed E-state index contributed by atoms with van der Waals surface area (Å²) in [5.74, 6) is -2.35. The maximum absolute atomic E-state index is 10.7. The maximum Gasteiger partial charge on any atom is 0.310 e. The van der Waals surface area contributed by atoms with Gasteiger partial charge in [-0.3, -0.25) is 9.59 Å². The second kappa shape index (κ2) is 8.95. The number of carbonyl (C=O) groups is 2. The van der Waals surface area contributed by atoms with E-state index in [1.165, 1.54) is 12.8 Å². The largest absolute Gasteiger partial charge is 0.481 e. The summed E-state index contributed by atoms with van der Waals surface area (Å²) in [4.78, 5) is 21.4. The van der Waals surface area contributed by atoms with E-state index in [9.17, 15) is 9.59 Å². The number of amides is 1. The molecular formula is C12H21NO3. The molecule has 1 amide bonds. The van der Waals surface area contributed by atoms with Gasteiger partial charge in [0.15, 0.2) is 0 Å². The van der Waals surface area contributed by atoms with Gasteiger partial charge in [0.2, 0.25) is 5.91 Å². The fourth-order valence-corrected chi connectivity index (χ4v) is 1.40. The molecule has 4 heteroatoms. The molecule has 4 nitrogen and oxygen atoms in total. The first-order valence-electron chi connectivity index (χ1n) is 5.75. The van der Waals surface area contributed by atoms with Crippen molar-refractivity contribution in [2.45, 2.75) is 45.4 Å². The molecule has 0 aliphatic heterocycles. The molecule has 0 saturated heterocycles. The summed E-state index contributed by atoms with van der Waals surface area (Å²) >= 11 is 0. The normalized spacial score (nSPS) is 12.8. The van der Waals surface area contributed by atoms with Crippen LogP contribution in [-0.2, 0) is 9.59 Å². The molecule has 0 saturated carbocycles. The molecule has 0 aliphatic rings. The molecule has 16 heavy (non-hydrogen) atoms. The molecule has 0 aromatic rings. The number of unbranched alkanes of at least 4 members (excludes halogenated alkanes) is 4. The number of carboxylic acid groups (broad SMARTS) is 1. The van der Waals surface area contributed by atoms with Crippen LogP contribution in [0.3, 0.4) is 0 Å². The van der Waals surface area contributed by atoms with Gasteiger partial charge in [-0.2, -0.15) is 0 Å². The van der Waals surface area contributed by atoms with Crippen molar-refractivity contribution in [1.82, 2.24) is 0 Å². The van der Waals surface area contributed by atoms with E-state index in [1.807, 2.05) is 6.08 Å². The van der Waals surface area contributed by atoms with Crippen LogP contribution < -0.4 is 5.73 Å². The second-order valence-electron chi connectivity index (χ2n) is 3.89. The Morgan fingerprint density at radius 1 is 1.31 bits per heavy atom. The van der Waals surface area contributed by atoms with Gasteiger partial charge in [-0.05, 0) is 12.8 Å². The second-order valence-corrected chi connectivity index (χ2v) is 3.89. The number of carboxylic acids is 1. The fourth-order valence-electron chi connectivity index (χ4n) is 1.40. The van der Waals surface area contributed by atoms with Crippen molar-refractivity contribution in [2.24, 2.45) is 11.7 Å². The quantitative estimate of drug-likeness (QED) is 0.467. The van der Waals surface area contributed by atoms with Crippen LogP contribution in [0.25, 0.3) is 0 Å². The highest BCUT2D eigenvalue weighted by molar-refractivity contribution is 5.82. The number of rotatable bonds is 9. The smallest absolute Gasteiger partial charge is 0.310 e. The van der Waals surface area contributed by atoms with E-state index in [4.69, 9.17) is 10.8 Å². The van der Waals surface area contributed by atoms with Gasteiger partial charge in [-0.1, -0.05) is 38.3 Å². The first kappa shape index (κ1) is 14.7. The lowest BCUT2D eigenvalue weighted by Gasteiger charge is -2.03. The van der Waals surface area contributed by atoms with Crippen LogP contribution in [0.5, 0.6) is 0 Å². The van der Waals surface area contributed by atoms with Gasteiger partial charge in [-0.25, -0.2) is 0 Å². The molecular weight excluding hydrogens is 206 g/mol. The molecule has 3 N–H and O–H groups in total. The van der Waals surface area contributed by atoms with Gasteiger partial charge in [-0.15, -0.1) is 0 Å². The van der Waals surface area contributed by atoms with Crippen molar-refractivity contribution < 1.29 is 14.7 Å². The van der Waals surface area contributed by atoms with E-state index in [0.29, 0.717) is 0 Å². The minimum absolute atomic E-state index is 0.124. The van der Waals surface area contributed by atoms with Crippen molar-refractivity contribution in [3.63, 3.8) is 0 Å². The highest BCUT2D eigenvalue weighted by Crippen LogP contribution is 2.08. The van der Waals surface area contributed by atoms with Gasteiger partial charge < -0.3 is 10.8 Å². The molecule has 0 aromatic carbocycles. The van der Waals surface area contributed by atoms with E-state index in [1.54, 1.807) is 6.08 Å². The standard InChI is InChI=1S/C12H21NO3/c1-2-3-4-5-6-7-8-10(12(15)16)9-11(13)14/h7-8,10H,2-6,9H2,1H3,(H2,13,14)(H,15,16)/b8-7+. The van der Waals surface area contributed by atoms with Gasteiger partial charge >= 0.3 is 5.97 Å². The summed E-state index contributed by atoms with van der Waals surface area (Å²) in [6.45, 7) is 2.14. The third kappa shape index (κ3) is 8.03. The average Bonchev–Trinajstić information content (AvgIpc) is 2.20. The number of allylic oxidation sites excluding steroid dienone is 1. The number of primary amides is 1. The van der Waals surface area contributed by atoms with Crippen molar-refractivity contribution in [3.8, 4) is 0 Å². The van der Waals surface area contributed by atoms with Crippen molar-refractivity contribution in [2.75, 3.05) is 0 Å². The molecule has 1 atom stereocenters. The first-order chi connectivity index (χ1) is 7.57. The van der Waals surface area contributed by atoms with E-state index in [-0.39, 0.29) is 6.42 Å². The zero-order valence-corrected chi connectivity index (χ0v) is 9.82. The minimum Gasteiger partial charge on any atom is -0.481 e. The van der Waals surface area contributed by atoms with Crippen LogP contribution in [0, 0.1) is 5.92 Å². The first-order valence-corrected chi connectivity index (χ1v) is 5.75. The van der Waals surface area contributed by atoms with Crippen LogP contribution in [0.1, 0.15) is 45.4 Å². The summed E-state index contributed by atoms with van der Waals surface area (Å²) in [7, 11) is 0. The molecule has 0 spiro atoms. The Bertz CT molecular complexity index is 249. The zero-order chi connectivity index (χ0) is 12.4. The predicted molar refractivity (Wildman–Crippen MR) is 62.8 cm³/mol. The molecule has 0 heterocycles. The summed E-state index contributed by atoms with van der Waals surface area (Å²) < 4.78 is 0. The number of hydrogen-bond donors (Lipinski definition) is 2. The number of aliphatic carboxylic acids is 1. The van der Waals surface area contributed by atoms with Crippen LogP contribution in [-0.4, -0.2) is 17.0 Å². The Hall–Kier alpha value is -1.32. The SMILES string of the molecule is CCCCCC/C=C/C(CC(N)=O)C(=O)O. The Labute approximate surface area is 96.5 Å². The monoisotopic (exact) mass is 227 g/mol. The lowest BCUT2D eigenvalue weighted by Crippen LogP contribution is -2.20. The molecule has 0 radical (unpaired) electrons. The van der Waals surface area contributed by atoms with Crippen molar-refractivity contribution in [3.05, 3.63) is 12.2 Å². The molecule has 0 aliphatic carbocycles. The molecule has 0 fully saturated rings. The molecule has 0 aromatic heterocycles. The highest BCUT2D eigenvalue weighted by Gasteiger charge is 2.15. The zero-order valence-electron chi connectivity index (χ0n) is 9.82. The molecule has 1 unspecified atom stereocenters. The predicted octanol–water partition coefficient (Wildman–Crippen LogP) is 2.09. The third-order valence-electron chi connectivity index (χ3n) is 2.33. The Balaban J connectivity index is 3.85. The maximum atomic E-state index is 10.7. The van der Waals surface area contributed by atoms with Gasteiger partial charge in [0.05, 0.1) is 5.92 Å². The Morgan fingerprint density at radius 3 is 2.50 bits per heavy atom. The van der Waals surface area contributed by atoms with Gasteiger partial charge in [0, 0.05) is 6.42 Å². The number of hydrogen-bond acceptors (Lipinski definition) is 2. The topological polar surface area (TPSA) is 80.4 Å². The Kier molecular flexibility index (Phi) is 8.21. The highest BCUT2D eigenvalue weighted by atomic mass is 16.4. The van der Waals surface area contributed by atoms with Crippen molar-refractivity contribution >= 4 is 11.9 Å². The summed E-state index contributed by atoms with van der Waals surface area (Å²) in [6.07, 6.45) is 8.75. The average molecular weight is 227 g/mol. The van der Waals surface area contributed by atoms with E-state index in [2.05, 4.69) is 6.92 Å². The van der Waals surface area contributed by atoms with E-state index < -0.39 is 17.8 Å². The lowest BCUT2D eigenvalue weighted by atomic mass is 10.0. The van der Waals surface area contributed by atoms with Crippen LogP contribution in [0.2, 0.25) is 0 Å². The summed E-state index contributed by atoms with van der Waals surface area (Å²) in [5.41, 5.74) is 4.96. The molecule has 0 rings (SSSR count).